The molecule has 0 fully saturated rings. The van der Waals surface area contributed by atoms with Gasteiger partial charge in [0.1, 0.15) is 0 Å². The van der Waals surface area contributed by atoms with Crippen LogP contribution >= 0.6 is 0 Å². The summed E-state index contributed by atoms with van der Waals surface area (Å²) in [4.78, 5) is 0. The van der Waals surface area contributed by atoms with Crippen LogP contribution in [0.15, 0.2) is 103 Å². The van der Waals surface area contributed by atoms with Gasteiger partial charge in [-0.1, -0.05) is 103 Å². The quantitative estimate of drug-likeness (QED) is 0.354. The minimum absolute atomic E-state index is 1.04. The van der Waals surface area contributed by atoms with Crippen LogP contribution in [0.2, 0.25) is 0 Å². The van der Waals surface area contributed by atoms with E-state index < -0.39 is 0 Å². The first-order chi connectivity index (χ1) is 13.3. The first-order valence-electron chi connectivity index (χ1n) is 9.14. The first-order valence-corrected chi connectivity index (χ1v) is 9.14. The third-order valence-corrected chi connectivity index (χ3v) is 4.71. The van der Waals surface area contributed by atoms with Crippen LogP contribution in [-0.4, -0.2) is 0 Å². The fourth-order valence-electron chi connectivity index (χ4n) is 3.30. The molecule has 0 N–H and O–H groups in total. The molecule has 0 radical (unpaired) electrons. The highest BCUT2D eigenvalue weighted by molar-refractivity contribution is 5.75. The molecule has 0 amide bonds. The largest absolute Gasteiger partial charge is 0.0622 e. The fourth-order valence-corrected chi connectivity index (χ4v) is 3.30. The Morgan fingerprint density at radius 1 is 0.444 bits per heavy atom. The topological polar surface area (TPSA) is 0 Å². The van der Waals surface area contributed by atoms with E-state index in [1.54, 1.807) is 0 Å². The normalized spacial score (nSPS) is 10.1. The van der Waals surface area contributed by atoms with E-state index in [0.717, 1.165) is 11.1 Å². The molecule has 0 aliphatic heterocycles. The molecule has 0 aliphatic rings. The lowest BCUT2D eigenvalue weighted by atomic mass is 9.95. The zero-order valence-corrected chi connectivity index (χ0v) is 15.3. The van der Waals surface area contributed by atoms with Gasteiger partial charge < -0.3 is 0 Å². The Balaban J connectivity index is 1.79. The highest BCUT2D eigenvalue weighted by Crippen LogP contribution is 2.27. The Morgan fingerprint density at radius 3 is 1.59 bits per heavy atom. The molecule has 0 atom stereocenters. The molecule has 0 aromatic heterocycles. The number of aryl methyl sites for hydroxylation is 1. The van der Waals surface area contributed by atoms with Gasteiger partial charge in [0, 0.05) is 11.1 Å². The Labute approximate surface area is 161 Å². The third-order valence-electron chi connectivity index (χ3n) is 4.71. The lowest BCUT2D eigenvalue weighted by Crippen LogP contribution is -1.88. The minimum Gasteiger partial charge on any atom is -0.0622 e. The number of benzene rings is 4. The van der Waals surface area contributed by atoms with Crippen molar-refractivity contribution in [2.24, 2.45) is 0 Å². The smallest absolute Gasteiger partial charge is 0.0327 e. The van der Waals surface area contributed by atoms with Gasteiger partial charge in [-0.2, -0.15) is 0 Å². The van der Waals surface area contributed by atoms with E-state index in [0.29, 0.717) is 0 Å². The summed E-state index contributed by atoms with van der Waals surface area (Å²) in [6.07, 6.45) is 0. The van der Waals surface area contributed by atoms with Gasteiger partial charge in [0.25, 0.3) is 0 Å². The average molecular weight is 344 g/mol. The van der Waals surface area contributed by atoms with Crippen LogP contribution in [-0.2, 0) is 0 Å². The molecule has 0 saturated carbocycles. The monoisotopic (exact) mass is 344 g/mol. The molecule has 0 spiro atoms. The van der Waals surface area contributed by atoms with Crippen LogP contribution < -0.4 is 0 Å². The highest BCUT2D eigenvalue weighted by Gasteiger charge is 2.06. The van der Waals surface area contributed by atoms with Crippen molar-refractivity contribution in [1.82, 2.24) is 0 Å². The van der Waals surface area contributed by atoms with Crippen molar-refractivity contribution in [3.05, 3.63) is 120 Å². The molecule has 27 heavy (non-hydrogen) atoms. The third kappa shape index (κ3) is 3.68. The number of hydrogen-bond donors (Lipinski definition) is 0. The summed E-state index contributed by atoms with van der Waals surface area (Å²) in [6, 6.07) is 35.6. The molecule has 0 aliphatic carbocycles. The van der Waals surface area contributed by atoms with E-state index in [2.05, 4.69) is 110 Å². The Bertz CT molecular complexity index is 1130. The van der Waals surface area contributed by atoms with E-state index in [4.69, 9.17) is 0 Å². The Kier molecular flexibility index (Phi) is 4.86. The minimum atomic E-state index is 1.04. The van der Waals surface area contributed by atoms with Gasteiger partial charge in [-0.15, -0.1) is 0 Å². The van der Waals surface area contributed by atoms with Crippen molar-refractivity contribution in [2.75, 3.05) is 0 Å². The lowest BCUT2D eigenvalue weighted by Gasteiger charge is -2.08. The molecule has 0 heterocycles. The van der Waals surface area contributed by atoms with Crippen molar-refractivity contribution < 1.29 is 0 Å². The summed E-state index contributed by atoms with van der Waals surface area (Å²) in [5, 5.41) is 0. The summed E-state index contributed by atoms with van der Waals surface area (Å²) in [5.41, 5.74) is 8.13. The van der Waals surface area contributed by atoms with Crippen molar-refractivity contribution >= 4 is 0 Å². The second kappa shape index (κ2) is 7.77. The van der Waals surface area contributed by atoms with Crippen molar-refractivity contribution in [1.29, 1.82) is 0 Å². The standard InChI is InChI=1S/C27H20/c1-21-11-5-8-16-25(21)27-18-10-7-15-24(27)20-19-23-14-6-9-17-26(23)22-12-3-2-4-13-22/h2-18H,1H3. The maximum Gasteiger partial charge on any atom is 0.0327 e. The molecule has 4 aromatic rings. The van der Waals surface area contributed by atoms with Gasteiger partial charge in [-0.25, -0.2) is 0 Å². The van der Waals surface area contributed by atoms with Gasteiger partial charge in [-0.05, 0) is 46.9 Å². The van der Waals surface area contributed by atoms with Crippen LogP contribution in [0, 0.1) is 18.8 Å². The molecular formula is C27H20. The SMILES string of the molecule is Cc1ccccc1-c1ccccc1C#Cc1ccccc1-c1ccccc1. The van der Waals surface area contributed by atoms with Crippen molar-refractivity contribution in [3.8, 4) is 34.1 Å². The van der Waals surface area contributed by atoms with E-state index in [1.807, 2.05) is 12.1 Å². The summed E-state index contributed by atoms with van der Waals surface area (Å²) < 4.78 is 0. The molecule has 0 unspecified atom stereocenters. The molecule has 4 rings (SSSR count). The van der Waals surface area contributed by atoms with Crippen LogP contribution in [0.3, 0.4) is 0 Å². The van der Waals surface area contributed by atoms with Gasteiger partial charge >= 0.3 is 0 Å². The van der Waals surface area contributed by atoms with Crippen LogP contribution in [0.25, 0.3) is 22.3 Å². The summed E-state index contributed by atoms with van der Waals surface area (Å²) in [6.45, 7) is 2.14. The highest BCUT2D eigenvalue weighted by atomic mass is 14.1. The summed E-state index contributed by atoms with van der Waals surface area (Å²) in [5.74, 6) is 6.82. The van der Waals surface area contributed by atoms with Crippen molar-refractivity contribution in [3.63, 3.8) is 0 Å². The van der Waals surface area contributed by atoms with Gasteiger partial charge in [0.15, 0.2) is 0 Å². The predicted molar refractivity (Wildman–Crippen MR) is 114 cm³/mol. The number of rotatable bonds is 2. The zero-order valence-electron chi connectivity index (χ0n) is 15.3. The molecule has 0 saturated heterocycles. The van der Waals surface area contributed by atoms with Crippen molar-refractivity contribution in [2.45, 2.75) is 6.92 Å². The molecule has 128 valence electrons. The second-order valence-corrected chi connectivity index (χ2v) is 6.52. The van der Waals surface area contributed by atoms with Crippen LogP contribution in [0.1, 0.15) is 16.7 Å². The maximum atomic E-state index is 3.42. The molecular weight excluding hydrogens is 324 g/mol. The number of hydrogen-bond acceptors (Lipinski definition) is 0. The molecule has 0 nitrogen and oxygen atoms in total. The van der Waals surface area contributed by atoms with Crippen LogP contribution in [0.4, 0.5) is 0 Å². The van der Waals surface area contributed by atoms with E-state index in [-0.39, 0.29) is 0 Å². The first kappa shape index (κ1) is 16.9. The van der Waals surface area contributed by atoms with E-state index >= 15 is 0 Å². The van der Waals surface area contributed by atoms with Gasteiger partial charge in [-0.3, -0.25) is 0 Å². The average Bonchev–Trinajstić information content (AvgIpc) is 2.74. The fraction of sp³-hybridized carbons (Fsp3) is 0.0370. The second-order valence-electron chi connectivity index (χ2n) is 6.52. The summed E-state index contributed by atoms with van der Waals surface area (Å²) >= 11 is 0. The molecule has 0 heteroatoms. The maximum absolute atomic E-state index is 3.42. The van der Waals surface area contributed by atoms with Gasteiger partial charge in [0.05, 0.1) is 0 Å². The summed E-state index contributed by atoms with van der Waals surface area (Å²) in [7, 11) is 0. The molecule has 0 bridgehead atoms. The predicted octanol–water partition coefficient (Wildman–Crippen LogP) is 6.73. The lowest BCUT2D eigenvalue weighted by molar-refractivity contribution is 1.45. The zero-order chi connectivity index (χ0) is 18.5. The molecule has 4 aromatic carbocycles. The van der Waals surface area contributed by atoms with Gasteiger partial charge in [0.2, 0.25) is 0 Å². The van der Waals surface area contributed by atoms with E-state index in [9.17, 15) is 0 Å². The van der Waals surface area contributed by atoms with E-state index in [1.165, 1.54) is 27.8 Å². The Hall–Kier alpha value is -3.56. The Morgan fingerprint density at radius 2 is 0.926 bits per heavy atom. The van der Waals surface area contributed by atoms with Crippen LogP contribution in [0.5, 0.6) is 0 Å².